The zero-order chi connectivity index (χ0) is 19.1. The fourth-order valence-electron chi connectivity index (χ4n) is 3.30. The molecule has 0 saturated carbocycles. The van der Waals surface area contributed by atoms with Gasteiger partial charge in [0.1, 0.15) is 6.10 Å². The molecule has 2 aromatic carbocycles. The van der Waals surface area contributed by atoms with Crippen LogP contribution in [0, 0.1) is 0 Å². The molecule has 0 spiro atoms. The van der Waals surface area contributed by atoms with E-state index < -0.39 is 0 Å². The maximum atomic E-state index is 12.6. The summed E-state index contributed by atoms with van der Waals surface area (Å²) in [4.78, 5) is 16.5. The molecule has 0 unspecified atom stereocenters. The number of benzene rings is 2. The van der Waals surface area contributed by atoms with Crippen molar-refractivity contribution in [2.45, 2.75) is 25.9 Å². The Labute approximate surface area is 161 Å². The van der Waals surface area contributed by atoms with Crippen molar-refractivity contribution in [3.8, 4) is 11.5 Å². The van der Waals surface area contributed by atoms with Gasteiger partial charge in [0.05, 0.1) is 13.2 Å². The zero-order valence-corrected chi connectivity index (χ0v) is 16.1. The molecular weight excluding hydrogens is 340 g/mol. The summed E-state index contributed by atoms with van der Waals surface area (Å²) < 4.78 is 11.8. The summed E-state index contributed by atoms with van der Waals surface area (Å²) in [5.74, 6) is 1.73. The van der Waals surface area contributed by atoms with Crippen molar-refractivity contribution in [2.75, 3.05) is 38.2 Å². The number of anilines is 1. The van der Waals surface area contributed by atoms with E-state index in [2.05, 4.69) is 0 Å². The number of carbonyl (C=O) groups excluding carboxylic acids is 1. The van der Waals surface area contributed by atoms with Crippen LogP contribution in [-0.4, -0.2) is 50.2 Å². The third kappa shape index (κ3) is 5.16. The molecule has 27 heavy (non-hydrogen) atoms. The molecule has 144 valence electrons. The molecule has 0 atom stereocenters. The third-order valence-electron chi connectivity index (χ3n) is 4.81. The van der Waals surface area contributed by atoms with E-state index in [-0.39, 0.29) is 12.0 Å². The van der Waals surface area contributed by atoms with E-state index >= 15 is 0 Å². The predicted molar refractivity (Wildman–Crippen MR) is 108 cm³/mol. The van der Waals surface area contributed by atoms with Gasteiger partial charge in [-0.3, -0.25) is 4.79 Å². The number of nitrogens with zero attached hydrogens (tertiary/aromatic N) is 2. The highest BCUT2D eigenvalue weighted by molar-refractivity contribution is 5.81. The molecule has 2 aromatic rings. The lowest BCUT2D eigenvalue weighted by Crippen LogP contribution is -2.45. The van der Waals surface area contributed by atoms with Crippen LogP contribution in [0.25, 0.3) is 0 Å². The number of piperidine rings is 1. The Morgan fingerprint density at radius 2 is 1.67 bits per heavy atom. The van der Waals surface area contributed by atoms with Crippen LogP contribution in [0.1, 0.15) is 19.8 Å². The molecule has 1 amide bonds. The van der Waals surface area contributed by atoms with Gasteiger partial charge in [0.25, 0.3) is 0 Å². The Balaban J connectivity index is 1.49. The van der Waals surface area contributed by atoms with Crippen molar-refractivity contribution in [1.29, 1.82) is 0 Å². The highest BCUT2D eigenvalue weighted by Crippen LogP contribution is 2.29. The summed E-state index contributed by atoms with van der Waals surface area (Å²) in [6.07, 6.45) is 1.78. The van der Waals surface area contributed by atoms with Crippen molar-refractivity contribution in [3.05, 3.63) is 54.6 Å². The van der Waals surface area contributed by atoms with Crippen molar-refractivity contribution < 1.29 is 14.3 Å². The van der Waals surface area contributed by atoms with Crippen molar-refractivity contribution in [2.24, 2.45) is 0 Å². The normalized spacial score (nSPS) is 14.7. The molecule has 0 bridgehead atoms. The number of hydrogen-bond donors (Lipinski definition) is 0. The second-order valence-corrected chi connectivity index (χ2v) is 6.77. The summed E-state index contributed by atoms with van der Waals surface area (Å²) >= 11 is 0. The quantitative estimate of drug-likeness (QED) is 0.749. The topological polar surface area (TPSA) is 42.0 Å². The number of para-hydroxylation sites is 3. The van der Waals surface area contributed by atoms with E-state index in [9.17, 15) is 4.79 Å². The molecule has 1 aliphatic heterocycles. The van der Waals surface area contributed by atoms with Gasteiger partial charge in [-0.1, -0.05) is 30.3 Å². The molecule has 3 rings (SSSR count). The van der Waals surface area contributed by atoms with E-state index in [4.69, 9.17) is 9.47 Å². The zero-order valence-electron chi connectivity index (χ0n) is 16.1. The number of likely N-dealkylation sites (tertiary alicyclic amines) is 1. The van der Waals surface area contributed by atoms with Crippen LogP contribution >= 0.6 is 0 Å². The summed E-state index contributed by atoms with van der Waals surface area (Å²) in [6, 6.07) is 17.8. The molecule has 1 fully saturated rings. The highest BCUT2D eigenvalue weighted by atomic mass is 16.5. The van der Waals surface area contributed by atoms with Crippen LogP contribution < -0.4 is 14.4 Å². The lowest BCUT2D eigenvalue weighted by molar-refractivity contribution is -0.131. The smallest absolute Gasteiger partial charge is 0.242 e. The van der Waals surface area contributed by atoms with Gasteiger partial charge in [0.2, 0.25) is 5.91 Å². The van der Waals surface area contributed by atoms with Gasteiger partial charge in [0.15, 0.2) is 11.5 Å². The van der Waals surface area contributed by atoms with Crippen molar-refractivity contribution in [3.63, 3.8) is 0 Å². The summed E-state index contributed by atoms with van der Waals surface area (Å²) in [5, 5.41) is 0. The SMILES string of the molecule is CCOc1ccccc1OC1CCN(C(=O)CN(C)c2ccccc2)CC1. The molecule has 1 heterocycles. The first-order chi connectivity index (χ1) is 13.2. The largest absolute Gasteiger partial charge is 0.490 e. The van der Waals surface area contributed by atoms with Gasteiger partial charge >= 0.3 is 0 Å². The Morgan fingerprint density at radius 3 is 2.33 bits per heavy atom. The monoisotopic (exact) mass is 368 g/mol. The summed E-state index contributed by atoms with van der Waals surface area (Å²) in [6.45, 7) is 4.42. The average Bonchev–Trinajstić information content (AvgIpc) is 2.71. The Bertz CT molecular complexity index is 727. The Hall–Kier alpha value is -2.69. The first-order valence-electron chi connectivity index (χ1n) is 9.60. The molecule has 1 aliphatic rings. The first-order valence-corrected chi connectivity index (χ1v) is 9.60. The van der Waals surface area contributed by atoms with E-state index in [0.29, 0.717) is 13.2 Å². The lowest BCUT2D eigenvalue weighted by Gasteiger charge is -2.33. The predicted octanol–water partition coefficient (Wildman–Crippen LogP) is 3.59. The fourth-order valence-corrected chi connectivity index (χ4v) is 3.30. The van der Waals surface area contributed by atoms with Gasteiger partial charge in [-0.25, -0.2) is 0 Å². The molecular formula is C22H28N2O3. The number of hydrogen-bond acceptors (Lipinski definition) is 4. The number of amides is 1. The number of likely N-dealkylation sites (N-methyl/N-ethyl adjacent to an activating group) is 1. The highest BCUT2D eigenvalue weighted by Gasteiger charge is 2.25. The molecule has 0 aromatic heterocycles. The van der Waals surface area contributed by atoms with E-state index in [1.54, 1.807) is 0 Å². The minimum Gasteiger partial charge on any atom is -0.490 e. The second-order valence-electron chi connectivity index (χ2n) is 6.77. The van der Waals surface area contributed by atoms with Gasteiger partial charge in [0, 0.05) is 38.7 Å². The van der Waals surface area contributed by atoms with E-state index in [0.717, 1.165) is 43.1 Å². The summed E-state index contributed by atoms with van der Waals surface area (Å²) in [7, 11) is 1.95. The van der Waals surface area contributed by atoms with E-state index in [1.165, 1.54) is 0 Å². The number of rotatable bonds is 7. The van der Waals surface area contributed by atoms with Crippen LogP contribution in [0.2, 0.25) is 0 Å². The van der Waals surface area contributed by atoms with Crippen LogP contribution in [0.15, 0.2) is 54.6 Å². The van der Waals surface area contributed by atoms with Crippen LogP contribution in [0.5, 0.6) is 11.5 Å². The van der Waals surface area contributed by atoms with Gasteiger partial charge in [-0.15, -0.1) is 0 Å². The van der Waals surface area contributed by atoms with Crippen LogP contribution in [0.3, 0.4) is 0 Å². The minimum absolute atomic E-state index is 0.113. The van der Waals surface area contributed by atoms with Gasteiger partial charge in [-0.2, -0.15) is 0 Å². The molecule has 0 aliphatic carbocycles. The molecule has 5 nitrogen and oxygen atoms in total. The maximum Gasteiger partial charge on any atom is 0.242 e. The maximum absolute atomic E-state index is 12.6. The molecule has 0 radical (unpaired) electrons. The minimum atomic E-state index is 0.113. The van der Waals surface area contributed by atoms with E-state index in [1.807, 2.05) is 78.4 Å². The Morgan fingerprint density at radius 1 is 1.04 bits per heavy atom. The third-order valence-corrected chi connectivity index (χ3v) is 4.81. The number of carbonyl (C=O) groups is 1. The fraction of sp³-hybridized carbons (Fsp3) is 0.409. The lowest BCUT2D eigenvalue weighted by atomic mass is 10.1. The summed E-state index contributed by atoms with van der Waals surface area (Å²) in [5.41, 5.74) is 1.05. The van der Waals surface area contributed by atoms with Crippen molar-refractivity contribution >= 4 is 11.6 Å². The first kappa shape index (κ1) is 19.1. The molecule has 1 saturated heterocycles. The molecule has 0 N–H and O–H groups in total. The number of ether oxygens (including phenoxy) is 2. The van der Waals surface area contributed by atoms with Crippen molar-refractivity contribution in [1.82, 2.24) is 4.90 Å². The van der Waals surface area contributed by atoms with Crippen LogP contribution in [0.4, 0.5) is 5.69 Å². The molecule has 5 heteroatoms. The Kier molecular flexibility index (Phi) is 6.58. The standard InChI is InChI=1S/C22H28N2O3/c1-3-26-20-11-7-8-12-21(20)27-19-13-15-24(16-14-19)22(25)17-23(2)18-9-5-4-6-10-18/h4-12,19H,3,13-17H2,1-2H3. The van der Waals surface area contributed by atoms with Gasteiger partial charge < -0.3 is 19.3 Å². The average molecular weight is 368 g/mol. The second kappa shape index (κ2) is 9.31. The van der Waals surface area contributed by atoms with Gasteiger partial charge in [-0.05, 0) is 31.2 Å². The van der Waals surface area contributed by atoms with Crippen LogP contribution in [-0.2, 0) is 4.79 Å².